The Kier molecular flexibility index (Phi) is 31.4. The van der Waals surface area contributed by atoms with Crippen LogP contribution in [0.4, 0.5) is 34.1 Å². The Balaban J connectivity index is 0.000000199. The Hall–Kier alpha value is -8.15. The number of benzene rings is 7. The van der Waals surface area contributed by atoms with Gasteiger partial charge < -0.3 is 95.7 Å². The first kappa shape index (κ1) is 111. The van der Waals surface area contributed by atoms with Crippen molar-refractivity contribution in [2.75, 3.05) is 99.7 Å². The van der Waals surface area contributed by atoms with Crippen molar-refractivity contribution in [3.63, 3.8) is 0 Å². The minimum atomic E-state index is -4.96. The van der Waals surface area contributed by atoms with Crippen LogP contribution in [0, 0.1) is 51.2 Å². The van der Waals surface area contributed by atoms with Crippen molar-refractivity contribution < 1.29 is 165 Å². The van der Waals surface area contributed by atoms with Crippen molar-refractivity contribution in [2.45, 2.75) is 210 Å². The van der Waals surface area contributed by atoms with Crippen LogP contribution in [-0.2, 0) is 167 Å². The number of halogens is 4. The number of hydrogen-bond acceptors (Lipinski definition) is 20. The number of likely N-dealkylation sites (tertiary alicyclic amines) is 2. The van der Waals surface area contributed by atoms with Gasteiger partial charge in [-0.25, -0.2) is 9.13 Å². The van der Waals surface area contributed by atoms with E-state index in [1.54, 1.807) is 97.7 Å². The molecule has 44 heteroatoms. The summed E-state index contributed by atoms with van der Waals surface area (Å²) in [6, 6.07) is 25.0. The molecule has 148 heavy (non-hydrogen) atoms. The summed E-state index contributed by atoms with van der Waals surface area (Å²) in [7, 11) is -8.93. The molecule has 2 saturated heterocycles. The third kappa shape index (κ3) is 19.1. The number of phosphoric ester groups is 1. The SMILES string of the molecule is CC(NC(=O)C(NC(=O)CCCCCN1C(=O)CC([S-])C1=O)C(C)C)C(=O)Nc1cc2c(c3ccccc13)C(CCl)CN2C(=O)C12CC3(C(=O)N4CC(CCl)c5c4cc(OP(=O)(O)O)c4ccccc54)CC13C2.Cc1c[nH]c2c(OP(C)(=O)O)cc3c(c12)C(CCl)CN3C(=O)C12CC3(C(=O)N4CC(CCl)c5c4cc(NC(=O)C(C)NC(=O)C(NC(=O)CCCCCN4C(=O)CC([S-])C4=O)C(C)C)c4ccccc54)CC31C2.[Y].[Y]. The molecule has 8 aromatic rings. The van der Waals surface area contributed by atoms with Crippen LogP contribution in [0.5, 0.6) is 11.5 Å². The van der Waals surface area contributed by atoms with Gasteiger partial charge in [0, 0.05) is 246 Å². The van der Waals surface area contributed by atoms with Crippen molar-refractivity contribution >= 4 is 247 Å². The predicted molar refractivity (Wildman–Crippen MR) is 557 cm³/mol. The van der Waals surface area contributed by atoms with Gasteiger partial charge >= 0.3 is 15.4 Å². The maximum atomic E-state index is 15.1. The second-order valence-corrected chi connectivity index (χ2v) is 47.9. The normalized spacial score (nSPS) is 26.2. The zero-order valence-electron chi connectivity index (χ0n) is 82.9. The number of hydrogen-bond donors (Lipinski definition) is 10. The van der Waals surface area contributed by atoms with E-state index in [0.717, 1.165) is 56.0 Å². The number of nitrogens with zero attached hydrogens (tertiary/aromatic N) is 6. The summed E-state index contributed by atoms with van der Waals surface area (Å²) in [4.78, 5) is 232. The van der Waals surface area contributed by atoms with Crippen LogP contribution in [0.3, 0.4) is 0 Å². The van der Waals surface area contributed by atoms with Crippen LogP contribution in [0.1, 0.15) is 196 Å². The summed E-state index contributed by atoms with van der Waals surface area (Å²) in [5.41, 5.74) is 3.97. The number of carbonyl (C=O) groups is 14. The number of nitrogens with one attached hydrogen (secondary N) is 7. The Morgan fingerprint density at radius 2 is 0.791 bits per heavy atom. The summed E-state index contributed by atoms with van der Waals surface area (Å²) in [6.07, 6.45) is 8.18. The average Bonchev–Trinajstić information content (AvgIpc) is 1.40. The van der Waals surface area contributed by atoms with Crippen molar-refractivity contribution in [1.82, 2.24) is 36.1 Å². The molecule has 7 aromatic carbocycles. The molecule has 17 atom stereocenters. The van der Waals surface area contributed by atoms with Crippen LogP contribution in [0.15, 0.2) is 103 Å². The van der Waals surface area contributed by atoms with E-state index in [1.165, 1.54) is 15.9 Å². The number of H-pyrrole nitrogens is 1. The van der Waals surface area contributed by atoms with E-state index in [-0.39, 0.29) is 240 Å². The van der Waals surface area contributed by atoms with Gasteiger partial charge in [-0.05, 0) is 153 Å². The zero-order valence-corrected chi connectivity index (χ0v) is 95.0. The summed E-state index contributed by atoms with van der Waals surface area (Å²) < 4.78 is 35.3. The molecular formula is C104H115Cl4N13O21P2S2Y2-2. The molecule has 2 radical (unpaired) electrons. The molecule has 2 spiro atoms. The van der Waals surface area contributed by atoms with Crippen LogP contribution >= 0.6 is 61.8 Å². The molecule has 780 valence electrons. The summed E-state index contributed by atoms with van der Waals surface area (Å²) in [6.45, 7) is 15.0. The van der Waals surface area contributed by atoms with E-state index in [9.17, 15) is 81.3 Å². The summed E-state index contributed by atoms with van der Waals surface area (Å²) >= 11 is 36.5. The van der Waals surface area contributed by atoms with E-state index in [2.05, 4.69) is 36.9 Å². The van der Waals surface area contributed by atoms with Gasteiger partial charge in [-0.2, -0.15) is 0 Å². The number of rotatable bonds is 36. The second-order valence-electron chi connectivity index (χ2n) is 42.6. The zero-order chi connectivity index (χ0) is 104. The second kappa shape index (κ2) is 41.9. The molecule has 14 amide bonds. The van der Waals surface area contributed by atoms with Crippen LogP contribution < -0.4 is 60.5 Å². The topological polar surface area (TPSA) is 460 Å². The minimum absolute atomic E-state index is 0. The smallest absolute Gasteiger partial charge is 0.524 e. The minimum Gasteiger partial charge on any atom is -0.779 e. The van der Waals surface area contributed by atoms with Gasteiger partial charge in [0.05, 0.1) is 49.9 Å². The fourth-order valence-corrected chi connectivity index (χ4v) is 28.0. The molecule has 6 aliphatic heterocycles. The van der Waals surface area contributed by atoms with Crippen molar-refractivity contribution in [3.05, 3.63) is 131 Å². The Morgan fingerprint density at radius 1 is 0.453 bits per heavy atom. The van der Waals surface area contributed by atoms with Crippen LogP contribution in [-0.4, -0.2) is 216 Å². The van der Waals surface area contributed by atoms with Crippen LogP contribution in [0.2, 0.25) is 0 Å². The third-order valence-electron chi connectivity index (χ3n) is 32.9. The van der Waals surface area contributed by atoms with Gasteiger partial charge in [-0.15, -0.1) is 46.4 Å². The maximum Gasteiger partial charge on any atom is 0.524 e. The Morgan fingerprint density at radius 3 is 1.13 bits per heavy atom. The molecule has 8 fully saturated rings. The number of amides is 14. The molecule has 34 nitrogen and oxygen atoms in total. The molecule has 17 unspecified atom stereocenters. The molecule has 10 N–H and O–H groups in total. The van der Waals surface area contributed by atoms with E-state index < -0.39 is 106 Å². The number of imide groups is 2. The monoisotopic (exact) mass is 2330 g/mol. The summed E-state index contributed by atoms with van der Waals surface area (Å²) in [5.74, 6) is -4.94. The standard InChI is InChI=1S/C52H60Cl2N7O10PS.C52H57Cl2N6O11PS.2Y/c1-26(2)43(58-38(62)13-7-6-10-14-59-39(63)17-37(73)47(59)66)46(65)56-28(4)45(64)57-33-15-34-41(32-12-9-8-11-31(32)33)29(18-53)21-60(34)48(67)50-23-51(25-52(50,51)24-50)49(68)61-22-30(19-54)42-35(61)16-36(71-72(5,69)70)44-40(42)27(3)20-55-44;1-27(2)44(57-40(61)15-5-4-10-16-58-41(62)19-39(73)47(58)65)46(64)55-28(3)45(63)56-35-17-36-42(33-13-8-6-11-31(33)35)29(20-53)22-59(36)48(66)50-24-51(26-52(50,51)25-50)49(67)60-23-30(21-54)43-34-14-9-7-12-32(34)38(18-37(43)60)71-72(68,69)70;;/h8-9,11-12,15-16,20,26,28-30,37,43,55,73H,6-7,10,13-14,17-19,21-25H2,1-5H3,(H,56,65)(H,57,64)(H,58,62)(H,69,70);6-9,11-14,17-18,27-30,39,44,73H,4-5,10,15-16,19-26H2,1-3H3,(H,55,64)(H,56,63)(H,57,61)(H2,68,69,70);;/p-2. The Bertz CT molecular complexity index is 7040. The number of aromatic amines is 1. The number of phosphoric acid groups is 1. The first-order valence-corrected chi connectivity index (χ1v) is 56.3. The number of fused-ring (bicyclic) bond motifs is 12. The fourth-order valence-electron chi connectivity index (χ4n) is 25.6. The quantitative estimate of drug-likeness (QED) is 0.00573. The number of alkyl halides is 4. The number of aryl methyl sites for hydroxylation is 1. The van der Waals surface area contributed by atoms with Crippen molar-refractivity contribution in [2.24, 2.45) is 44.3 Å². The average molecular weight is 2330 g/mol. The van der Waals surface area contributed by atoms with Gasteiger partial charge in [0.2, 0.25) is 82.7 Å². The van der Waals surface area contributed by atoms with Gasteiger partial charge in [-0.3, -0.25) is 86.7 Å². The largest absolute Gasteiger partial charge is 0.779 e. The molecular weight excluding hydrogens is 2210 g/mol. The number of aromatic nitrogens is 1. The van der Waals surface area contributed by atoms with Crippen LogP contribution in [0.25, 0.3) is 43.2 Å². The first-order valence-electron chi connectivity index (χ1n) is 49.7. The van der Waals surface area contributed by atoms with Crippen molar-refractivity contribution in [3.8, 4) is 11.5 Å². The van der Waals surface area contributed by atoms with E-state index in [4.69, 9.17) is 80.7 Å². The molecule has 20 rings (SSSR count). The molecule has 6 saturated carbocycles. The first-order chi connectivity index (χ1) is 69.3. The van der Waals surface area contributed by atoms with E-state index in [1.807, 2.05) is 67.6 Å². The third-order valence-corrected chi connectivity index (χ3v) is 36.1. The predicted octanol–water partition coefficient (Wildman–Crippen LogP) is 13.3. The van der Waals surface area contributed by atoms with Gasteiger partial charge in [0.1, 0.15) is 29.9 Å². The molecule has 12 aliphatic rings. The van der Waals surface area contributed by atoms with Gasteiger partial charge in [-0.1, -0.05) is 124 Å². The molecule has 0 bridgehead atoms. The van der Waals surface area contributed by atoms with E-state index >= 15 is 9.59 Å². The van der Waals surface area contributed by atoms with Gasteiger partial charge in [0.25, 0.3) is 0 Å². The maximum absolute atomic E-state index is 15.1. The number of unbranched alkanes of at least 4 members (excludes halogenated alkanes) is 4. The molecule has 1 aromatic heterocycles. The molecule has 6 aliphatic carbocycles. The van der Waals surface area contributed by atoms with E-state index in [0.29, 0.717) is 152 Å². The fraction of sp³-hybridized carbons (Fsp3) is 0.500. The molecule has 7 heterocycles. The Labute approximate surface area is 936 Å². The van der Waals surface area contributed by atoms with Gasteiger partial charge in [0.15, 0.2) is 5.75 Å². The van der Waals surface area contributed by atoms with Crippen molar-refractivity contribution in [1.29, 1.82) is 0 Å². The number of carbonyl (C=O) groups excluding carboxylic acids is 14. The summed E-state index contributed by atoms with van der Waals surface area (Å²) in [5, 5.41) is 20.8. The number of anilines is 6.